The van der Waals surface area contributed by atoms with Gasteiger partial charge >= 0.3 is 0 Å². The maximum Gasteiger partial charge on any atom is 0.253 e. The summed E-state index contributed by atoms with van der Waals surface area (Å²) in [6.07, 6.45) is 2.13. The van der Waals surface area contributed by atoms with E-state index in [2.05, 4.69) is 0 Å². The zero-order valence-corrected chi connectivity index (χ0v) is 22.2. The first-order chi connectivity index (χ1) is 16.7. The Kier molecular flexibility index (Phi) is 5.37. The zero-order chi connectivity index (χ0) is 26.5. The molecule has 1 saturated carbocycles. The minimum Gasteiger partial charge on any atom is -0.504 e. The molecular formula is C26H28Cl2N2O6. The summed E-state index contributed by atoms with van der Waals surface area (Å²) >= 11 is 14.2. The molecule has 2 saturated heterocycles. The molecule has 0 spiro atoms. The third-order valence-corrected chi connectivity index (χ3v) is 9.64. The molecule has 2 heterocycles. The summed E-state index contributed by atoms with van der Waals surface area (Å²) in [5.41, 5.74) is 0.502. The lowest BCUT2D eigenvalue weighted by molar-refractivity contribution is -0.146. The summed E-state index contributed by atoms with van der Waals surface area (Å²) in [4.78, 5) is 52.5. The lowest BCUT2D eigenvalue weighted by atomic mass is 9.56. The lowest BCUT2D eigenvalue weighted by Crippen LogP contribution is -2.60. The van der Waals surface area contributed by atoms with Gasteiger partial charge in [0, 0.05) is 18.5 Å². The molecule has 0 bridgehead atoms. The van der Waals surface area contributed by atoms with E-state index in [-0.39, 0.29) is 29.7 Å². The number of likely N-dealkylation sites (tertiary alicyclic amines) is 2. The highest BCUT2D eigenvalue weighted by atomic mass is 35.5. The van der Waals surface area contributed by atoms with E-state index in [1.807, 2.05) is 26.8 Å². The molecule has 1 N–H and O–H groups in total. The first-order valence-corrected chi connectivity index (χ1v) is 12.6. The molecule has 2 aliphatic carbocycles. The first-order valence-electron chi connectivity index (χ1n) is 11.8. The molecule has 1 aromatic carbocycles. The van der Waals surface area contributed by atoms with E-state index < -0.39 is 50.8 Å². The number of fused-ring (bicyclic) bond motifs is 4. The fraction of sp³-hybridized carbons (Fsp3) is 0.538. The van der Waals surface area contributed by atoms with Crippen molar-refractivity contribution in [1.29, 1.82) is 0 Å². The number of hydrogen-bond acceptors (Lipinski definition) is 6. The van der Waals surface area contributed by atoms with Crippen molar-refractivity contribution in [1.82, 2.24) is 9.80 Å². The molecule has 6 atom stereocenters. The van der Waals surface area contributed by atoms with Gasteiger partial charge in [0.2, 0.25) is 11.8 Å². The number of halogens is 2. The number of amides is 4. The van der Waals surface area contributed by atoms with Crippen LogP contribution in [0.4, 0.5) is 0 Å². The SMILES string of the molecule is COc1cc([C@H]2C3=CC[C@@H]4C(=O)N(C(C)(C)C)C(=O)[C@@H]4[C@@H]3C[C@@]3(Cl)C(=O)N(C)C(=O)[C@@]23Cl)ccc1O. The Balaban J connectivity index is 1.73. The monoisotopic (exact) mass is 534 g/mol. The minimum absolute atomic E-state index is 0.0529. The van der Waals surface area contributed by atoms with Gasteiger partial charge in [-0.3, -0.25) is 29.0 Å². The van der Waals surface area contributed by atoms with Gasteiger partial charge in [0.15, 0.2) is 21.2 Å². The molecule has 3 fully saturated rings. The van der Waals surface area contributed by atoms with Gasteiger partial charge in [-0.1, -0.05) is 17.7 Å². The van der Waals surface area contributed by atoms with Crippen molar-refractivity contribution in [3.63, 3.8) is 0 Å². The highest BCUT2D eigenvalue weighted by Crippen LogP contribution is 2.65. The third-order valence-electron chi connectivity index (χ3n) is 8.22. The van der Waals surface area contributed by atoms with Gasteiger partial charge in [-0.15, -0.1) is 23.2 Å². The van der Waals surface area contributed by atoms with Crippen LogP contribution in [0.25, 0.3) is 0 Å². The Bertz CT molecular complexity index is 1260. The number of phenols is 1. The molecule has 0 aromatic heterocycles. The smallest absolute Gasteiger partial charge is 0.253 e. The summed E-state index contributed by atoms with van der Waals surface area (Å²) < 4.78 is 5.29. The number of carbonyl (C=O) groups is 4. The number of benzene rings is 1. The summed E-state index contributed by atoms with van der Waals surface area (Å²) in [5.74, 6) is -4.51. The van der Waals surface area contributed by atoms with Crippen LogP contribution in [0, 0.1) is 17.8 Å². The Morgan fingerprint density at radius 3 is 2.33 bits per heavy atom. The number of imide groups is 2. The van der Waals surface area contributed by atoms with E-state index >= 15 is 0 Å². The fourth-order valence-corrected chi connectivity index (χ4v) is 7.67. The zero-order valence-electron chi connectivity index (χ0n) is 20.7. The van der Waals surface area contributed by atoms with Gasteiger partial charge < -0.3 is 9.84 Å². The van der Waals surface area contributed by atoms with E-state index in [1.54, 1.807) is 12.1 Å². The number of allylic oxidation sites excluding steroid dienone is 2. The third kappa shape index (κ3) is 2.94. The second-order valence-electron chi connectivity index (χ2n) is 11.1. The fourth-order valence-electron chi connectivity index (χ4n) is 6.65. The van der Waals surface area contributed by atoms with Gasteiger partial charge in [0.1, 0.15) is 0 Å². The second-order valence-corrected chi connectivity index (χ2v) is 12.4. The number of alkyl halides is 2. The molecule has 4 aliphatic rings. The van der Waals surface area contributed by atoms with Crippen molar-refractivity contribution < 1.29 is 29.0 Å². The average Bonchev–Trinajstić information content (AvgIpc) is 3.15. The van der Waals surface area contributed by atoms with Crippen molar-refractivity contribution in [3.05, 3.63) is 35.4 Å². The average molecular weight is 535 g/mol. The van der Waals surface area contributed by atoms with Crippen LogP contribution in [-0.2, 0) is 19.2 Å². The summed E-state index contributed by atoms with van der Waals surface area (Å²) in [5, 5.41) is 10.2. The molecule has 10 heteroatoms. The predicted octanol–water partition coefficient (Wildman–Crippen LogP) is 3.19. The number of aromatic hydroxyl groups is 1. The minimum atomic E-state index is -1.87. The maximum atomic E-state index is 13.7. The van der Waals surface area contributed by atoms with Gasteiger partial charge in [0.25, 0.3) is 11.8 Å². The molecule has 0 radical (unpaired) electrons. The molecule has 2 aliphatic heterocycles. The van der Waals surface area contributed by atoms with Crippen LogP contribution in [0.5, 0.6) is 11.5 Å². The molecule has 192 valence electrons. The van der Waals surface area contributed by atoms with Crippen LogP contribution in [0.3, 0.4) is 0 Å². The van der Waals surface area contributed by atoms with Crippen molar-refractivity contribution in [2.75, 3.05) is 14.2 Å². The first kappa shape index (κ1) is 25.1. The number of phenolic OH excluding ortho intramolecular Hbond substituents is 1. The highest BCUT2D eigenvalue weighted by molar-refractivity contribution is 6.53. The normalized spacial score (nSPS) is 36.0. The van der Waals surface area contributed by atoms with E-state index in [4.69, 9.17) is 27.9 Å². The van der Waals surface area contributed by atoms with Crippen LogP contribution in [0.15, 0.2) is 29.8 Å². The van der Waals surface area contributed by atoms with Crippen molar-refractivity contribution in [2.24, 2.45) is 17.8 Å². The van der Waals surface area contributed by atoms with Crippen molar-refractivity contribution in [2.45, 2.75) is 54.8 Å². The van der Waals surface area contributed by atoms with E-state index in [0.717, 1.165) is 4.90 Å². The number of hydrogen-bond donors (Lipinski definition) is 1. The Morgan fingerprint density at radius 2 is 1.72 bits per heavy atom. The topological polar surface area (TPSA) is 104 Å². The predicted molar refractivity (Wildman–Crippen MR) is 132 cm³/mol. The summed E-state index contributed by atoms with van der Waals surface area (Å²) in [6, 6.07) is 4.60. The quantitative estimate of drug-likeness (QED) is 0.355. The molecular weight excluding hydrogens is 507 g/mol. The van der Waals surface area contributed by atoms with Crippen molar-refractivity contribution in [3.8, 4) is 11.5 Å². The maximum absolute atomic E-state index is 13.7. The second kappa shape index (κ2) is 7.71. The van der Waals surface area contributed by atoms with E-state index in [1.165, 1.54) is 25.1 Å². The Labute approximate surface area is 219 Å². The highest BCUT2D eigenvalue weighted by Gasteiger charge is 2.76. The van der Waals surface area contributed by atoms with Crippen LogP contribution in [0.1, 0.15) is 45.1 Å². The molecule has 8 nitrogen and oxygen atoms in total. The Hall–Kier alpha value is -2.58. The lowest BCUT2D eigenvalue weighted by Gasteiger charge is -2.50. The van der Waals surface area contributed by atoms with Gasteiger partial charge in [-0.2, -0.15) is 0 Å². The molecule has 5 rings (SSSR count). The van der Waals surface area contributed by atoms with Crippen LogP contribution in [-0.4, -0.2) is 68.0 Å². The number of nitrogens with zero attached hydrogens (tertiary/aromatic N) is 2. The van der Waals surface area contributed by atoms with Gasteiger partial charge in [-0.25, -0.2) is 0 Å². The van der Waals surface area contributed by atoms with Crippen LogP contribution < -0.4 is 4.74 Å². The molecule has 1 aromatic rings. The summed E-state index contributed by atoms with van der Waals surface area (Å²) in [6.45, 7) is 5.42. The number of ether oxygens (including phenoxy) is 1. The number of rotatable bonds is 2. The van der Waals surface area contributed by atoms with Crippen LogP contribution >= 0.6 is 23.2 Å². The van der Waals surface area contributed by atoms with Crippen LogP contribution in [0.2, 0.25) is 0 Å². The van der Waals surface area contributed by atoms with E-state index in [0.29, 0.717) is 17.6 Å². The van der Waals surface area contributed by atoms with E-state index in [9.17, 15) is 24.3 Å². The van der Waals surface area contributed by atoms with Crippen molar-refractivity contribution >= 4 is 46.8 Å². The van der Waals surface area contributed by atoms with Gasteiger partial charge in [0.05, 0.1) is 18.9 Å². The number of methoxy groups -OCH3 is 1. The standard InChI is InChI=1S/C26H28Cl2N2O6/c1-24(2,3)30-20(32)14-8-7-13-15(18(14)21(30)33)11-25(27)22(34)29(4)23(35)26(25,28)19(13)12-6-9-16(31)17(10-12)36-5/h6-7,9-10,14-15,18-19,31H,8,11H2,1-5H3/t14-,15+,18-,19-,25+,26-/m0/s1. The molecule has 36 heavy (non-hydrogen) atoms. The number of carbonyl (C=O) groups excluding carboxylic acids is 4. The van der Waals surface area contributed by atoms with Gasteiger partial charge in [-0.05, 0) is 57.2 Å². The largest absolute Gasteiger partial charge is 0.504 e. The Morgan fingerprint density at radius 1 is 1.06 bits per heavy atom. The summed E-state index contributed by atoms with van der Waals surface area (Å²) in [7, 11) is 2.75. The molecule has 4 amide bonds. The molecule has 0 unspecified atom stereocenters.